The quantitative estimate of drug-likeness (QED) is 0.611. The second kappa shape index (κ2) is 10.4. The Hall–Kier alpha value is -3.18. The Bertz CT molecular complexity index is 953. The third kappa shape index (κ3) is 5.31. The van der Waals surface area contributed by atoms with E-state index >= 15 is 0 Å². The zero-order chi connectivity index (χ0) is 24.2. The number of nitrogens with zero attached hydrogens (tertiary/aromatic N) is 4. The number of benzene rings is 1. The number of anilines is 1. The summed E-state index contributed by atoms with van der Waals surface area (Å²) in [6, 6.07) is 4.89. The SMILES string of the molecule is COc1ccc(C(=O)N2CCC(N3CCN(CC(=O)O)CC3)CC2)cc1N1CCC(=O)NC1=O. The van der Waals surface area contributed by atoms with Crippen molar-refractivity contribution in [3.63, 3.8) is 0 Å². The van der Waals surface area contributed by atoms with Gasteiger partial charge in [-0.2, -0.15) is 0 Å². The van der Waals surface area contributed by atoms with Gasteiger partial charge in [-0.05, 0) is 31.0 Å². The summed E-state index contributed by atoms with van der Waals surface area (Å²) < 4.78 is 5.39. The normalized spacial score (nSPS) is 20.9. The van der Waals surface area contributed by atoms with E-state index in [1.165, 1.54) is 12.0 Å². The number of piperidine rings is 1. The van der Waals surface area contributed by atoms with Crippen molar-refractivity contribution in [1.29, 1.82) is 0 Å². The molecule has 0 saturated carbocycles. The number of hydrogen-bond acceptors (Lipinski definition) is 7. The largest absolute Gasteiger partial charge is 0.495 e. The summed E-state index contributed by atoms with van der Waals surface area (Å²) in [6.07, 6.45) is 1.92. The number of rotatable bonds is 6. The van der Waals surface area contributed by atoms with E-state index in [1.807, 2.05) is 9.80 Å². The van der Waals surface area contributed by atoms with Crippen LogP contribution in [0.3, 0.4) is 0 Å². The van der Waals surface area contributed by atoms with Crippen LogP contribution in [-0.4, -0.2) is 109 Å². The van der Waals surface area contributed by atoms with Crippen molar-refractivity contribution in [1.82, 2.24) is 20.0 Å². The van der Waals surface area contributed by atoms with E-state index in [1.54, 1.807) is 18.2 Å². The number of carbonyl (C=O) groups excluding carboxylic acids is 3. The van der Waals surface area contributed by atoms with E-state index in [-0.39, 0.29) is 31.3 Å². The van der Waals surface area contributed by atoms with Gasteiger partial charge in [0, 0.05) is 63.8 Å². The van der Waals surface area contributed by atoms with E-state index in [2.05, 4.69) is 10.2 Å². The summed E-state index contributed by atoms with van der Waals surface area (Å²) in [5.41, 5.74) is 0.939. The highest BCUT2D eigenvalue weighted by Gasteiger charge is 2.31. The molecular formula is C23H31N5O6. The summed E-state index contributed by atoms with van der Waals surface area (Å²) in [5.74, 6) is -0.751. The fourth-order valence-electron chi connectivity index (χ4n) is 4.92. The van der Waals surface area contributed by atoms with E-state index in [4.69, 9.17) is 9.84 Å². The molecule has 184 valence electrons. The fourth-order valence-corrected chi connectivity index (χ4v) is 4.92. The number of imide groups is 1. The maximum absolute atomic E-state index is 13.2. The van der Waals surface area contributed by atoms with Crippen molar-refractivity contribution in [2.24, 2.45) is 0 Å². The molecule has 0 spiro atoms. The van der Waals surface area contributed by atoms with Crippen molar-refractivity contribution in [3.05, 3.63) is 23.8 Å². The second-order valence-electron chi connectivity index (χ2n) is 8.87. The predicted molar refractivity (Wildman–Crippen MR) is 123 cm³/mol. The van der Waals surface area contributed by atoms with Gasteiger partial charge in [0.2, 0.25) is 5.91 Å². The molecule has 0 radical (unpaired) electrons. The second-order valence-corrected chi connectivity index (χ2v) is 8.87. The van der Waals surface area contributed by atoms with Gasteiger partial charge in [0.05, 0.1) is 19.3 Å². The maximum atomic E-state index is 13.2. The van der Waals surface area contributed by atoms with E-state index in [0.29, 0.717) is 36.1 Å². The van der Waals surface area contributed by atoms with Crippen LogP contribution in [0.5, 0.6) is 5.75 Å². The molecule has 0 aliphatic carbocycles. The molecule has 0 atom stereocenters. The number of carboxylic acid groups (broad SMARTS) is 1. The van der Waals surface area contributed by atoms with Gasteiger partial charge in [0.15, 0.2) is 0 Å². The Morgan fingerprint density at radius 3 is 2.38 bits per heavy atom. The predicted octanol–water partition coefficient (Wildman–Crippen LogP) is 0.448. The van der Waals surface area contributed by atoms with Crippen LogP contribution in [0.2, 0.25) is 0 Å². The lowest BCUT2D eigenvalue weighted by atomic mass is 10.0. The molecule has 11 nitrogen and oxygen atoms in total. The first-order valence-electron chi connectivity index (χ1n) is 11.6. The number of ether oxygens (including phenoxy) is 1. The molecule has 3 heterocycles. The standard InChI is InChI=1S/C23H31N5O6/c1-34-19-3-2-16(14-18(19)28-9-6-20(29)24-23(28)33)22(32)27-7-4-17(5-8-27)26-12-10-25(11-13-26)15-21(30)31/h2-3,14,17H,4-13,15H2,1H3,(H,30,31)(H,24,29,33). The van der Waals surface area contributed by atoms with E-state index in [9.17, 15) is 19.2 Å². The van der Waals surface area contributed by atoms with Crippen molar-refractivity contribution >= 4 is 29.5 Å². The minimum atomic E-state index is -0.795. The third-order valence-corrected chi connectivity index (χ3v) is 6.80. The highest BCUT2D eigenvalue weighted by Crippen LogP contribution is 2.31. The molecule has 1 aromatic carbocycles. The van der Waals surface area contributed by atoms with Gasteiger partial charge in [0.25, 0.3) is 5.91 Å². The zero-order valence-corrected chi connectivity index (χ0v) is 19.4. The average Bonchev–Trinajstić information content (AvgIpc) is 2.83. The van der Waals surface area contributed by atoms with Crippen LogP contribution >= 0.6 is 0 Å². The summed E-state index contributed by atoms with van der Waals surface area (Å²) in [7, 11) is 1.50. The molecule has 3 fully saturated rings. The van der Waals surface area contributed by atoms with Crippen LogP contribution < -0.4 is 15.0 Å². The molecular weight excluding hydrogens is 442 g/mol. The smallest absolute Gasteiger partial charge is 0.328 e. The number of piperazine rings is 1. The van der Waals surface area contributed by atoms with E-state index < -0.39 is 12.0 Å². The number of methoxy groups -OCH3 is 1. The van der Waals surface area contributed by atoms with Crippen LogP contribution in [0, 0.1) is 0 Å². The monoisotopic (exact) mass is 473 g/mol. The van der Waals surface area contributed by atoms with Gasteiger partial charge in [-0.25, -0.2) is 4.79 Å². The lowest BCUT2D eigenvalue weighted by Gasteiger charge is -2.42. The molecule has 3 aliphatic rings. The minimum Gasteiger partial charge on any atom is -0.495 e. The Morgan fingerprint density at radius 1 is 1.06 bits per heavy atom. The number of urea groups is 1. The molecule has 34 heavy (non-hydrogen) atoms. The molecule has 1 aromatic rings. The molecule has 0 aromatic heterocycles. The van der Waals surface area contributed by atoms with Crippen molar-refractivity contribution < 1.29 is 29.0 Å². The lowest BCUT2D eigenvalue weighted by Crippen LogP contribution is -2.54. The maximum Gasteiger partial charge on any atom is 0.328 e. The Morgan fingerprint density at radius 2 is 1.76 bits per heavy atom. The van der Waals surface area contributed by atoms with Crippen molar-refractivity contribution in [2.45, 2.75) is 25.3 Å². The highest BCUT2D eigenvalue weighted by atomic mass is 16.5. The number of carboxylic acids is 1. The van der Waals surface area contributed by atoms with Gasteiger partial charge in [0.1, 0.15) is 5.75 Å². The average molecular weight is 474 g/mol. The van der Waals surface area contributed by atoms with Crippen LogP contribution in [0.1, 0.15) is 29.6 Å². The Kier molecular flexibility index (Phi) is 7.32. The van der Waals surface area contributed by atoms with Gasteiger partial charge in [-0.15, -0.1) is 0 Å². The van der Waals surface area contributed by atoms with Gasteiger partial charge >= 0.3 is 12.0 Å². The van der Waals surface area contributed by atoms with Crippen molar-refractivity contribution in [3.8, 4) is 5.75 Å². The lowest BCUT2D eigenvalue weighted by molar-refractivity contribution is -0.138. The number of amides is 4. The molecule has 3 aliphatic heterocycles. The molecule has 0 bridgehead atoms. The molecule has 4 rings (SSSR count). The Balaban J connectivity index is 1.36. The molecule has 11 heteroatoms. The van der Waals surface area contributed by atoms with Crippen LogP contribution in [-0.2, 0) is 9.59 Å². The van der Waals surface area contributed by atoms with Crippen molar-refractivity contribution in [2.75, 3.05) is 64.4 Å². The first-order valence-corrected chi connectivity index (χ1v) is 11.6. The summed E-state index contributed by atoms with van der Waals surface area (Å²) in [5, 5.41) is 11.3. The van der Waals surface area contributed by atoms with E-state index in [0.717, 1.165) is 39.0 Å². The zero-order valence-electron chi connectivity index (χ0n) is 19.4. The van der Waals surface area contributed by atoms with Gasteiger partial charge in [-0.1, -0.05) is 0 Å². The summed E-state index contributed by atoms with van der Waals surface area (Å²) in [6.45, 7) is 4.76. The third-order valence-electron chi connectivity index (χ3n) is 6.80. The van der Waals surface area contributed by atoms with Crippen LogP contribution in [0.15, 0.2) is 18.2 Å². The number of aliphatic carboxylic acids is 1. The fraction of sp³-hybridized carbons (Fsp3) is 0.565. The highest BCUT2D eigenvalue weighted by molar-refractivity contribution is 6.07. The van der Waals surface area contributed by atoms with Gasteiger partial charge in [-0.3, -0.25) is 34.4 Å². The van der Waals surface area contributed by atoms with Gasteiger partial charge < -0.3 is 14.7 Å². The first-order chi connectivity index (χ1) is 16.4. The summed E-state index contributed by atoms with van der Waals surface area (Å²) >= 11 is 0. The number of nitrogens with one attached hydrogen (secondary N) is 1. The number of hydrogen-bond donors (Lipinski definition) is 2. The molecule has 3 saturated heterocycles. The molecule has 4 amide bonds. The first kappa shape index (κ1) is 24.0. The minimum absolute atomic E-state index is 0.0834. The summed E-state index contributed by atoms with van der Waals surface area (Å²) in [4.78, 5) is 55.6. The molecule has 2 N–H and O–H groups in total. The topological polar surface area (TPSA) is 123 Å². The number of likely N-dealkylation sites (tertiary alicyclic amines) is 1. The molecule has 0 unspecified atom stereocenters. The number of carbonyl (C=O) groups is 4. The van der Waals surface area contributed by atoms with Crippen LogP contribution in [0.25, 0.3) is 0 Å². The Labute approximate surface area is 198 Å². The van der Waals surface area contributed by atoms with Crippen LogP contribution in [0.4, 0.5) is 10.5 Å².